The number of carbonyl (C=O) groups excluding carboxylic acids is 1. The topological polar surface area (TPSA) is 52.6 Å². The van der Waals surface area contributed by atoms with Crippen molar-refractivity contribution in [1.29, 1.82) is 0 Å². The van der Waals surface area contributed by atoms with Crippen molar-refractivity contribution >= 4 is 23.5 Å². The van der Waals surface area contributed by atoms with Crippen LogP contribution in [0.25, 0.3) is 0 Å². The van der Waals surface area contributed by atoms with Crippen molar-refractivity contribution < 1.29 is 18.7 Å². The van der Waals surface area contributed by atoms with Crippen molar-refractivity contribution in [2.45, 2.75) is 42.4 Å². The molecule has 2 amide bonds. The van der Waals surface area contributed by atoms with E-state index in [0.717, 1.165) is 25.7 Å². The van der Waals surface area contributed by atoms with E-state index in [1.54, 1.807) is 31.3 Å². The summed E-state index contributed by atoms with van der Waals surface area (Å²) in [7, 11) is 1.65. The number of urea groups is 1. The lowest BCUT2D eigenvalue weighted by molar-refractivity contribution is 0.0575. The number of nitrogens with one attached hydrogen (secondary N) is 1. The summed E-state index contributed by atoms with van der Waals surface area (Å²) in [6.07, 6.45) is 3.38. The second-order valence-electron chi connectivity index (χ2n) is 5.80. The molecule has 0 spiro atoms. The Morgan fingerprint density at radius 2 is 2.09 bits per heavy atom. The maximum absolute atomic E-state index is 12.6. The van der Waals surface area contributed by atoms with E-state index < -0.39 is 5.76 Å². The summed E-state index contributed by atoms with van der Waals surface area (Å²) in [4.78, 5) is 14.1. The highest BCUT2D eigenvalue weighted by Gasteiger charge is 2.25. The van der Waals surface area contributed by atoms with E-state index in [1.807, 2.05) is 0 Å². The normalized spacial score (nSPS) is 21.3. The van der Waals surface area contributed by atoms with Gasteiger partial charge in [-0.2, -0.15) is 8.78 Å². The first-order chi connectivity index (χ1) is 11.0. The van der Waals surface area contributed by atoms with Crippen molar-refractivity contribution in [3.05, 3.63) is 24.3 Å². The molecule has 0 bridgehead atoms. The van der Waals surface area contributed by atoms with Crippen LogP contribution in [0.5, 0.6) is 0 Å². The van der Waals surface area contributed by atoms with Gasteiger partial charge < -0.3 is 15.3 Å². The SMILES string of the molecule is CN(CC1CCCCC1O)C(=O)Nc1ccccc1SC(F)F. The molecule has 23 heavy (non-hydrogen) atoms. The fraction of sp³-hybridized carbons (Fsp3) is 0.562. The minimum absolute atomic E-state index is 0.0742. The zero-order valence-corrected chi connectivity index (χ0v) is 13.9. The molecule has 2 rings (SSSR count). The van der Waals surface area contributed by atoms with Gasteiger partial charge in [0.25, 0.3) is 5.76 Å². The molecule has 2 atom stereocenters. The molecular formula is C16H22F2N2O2S. The molecule has 1 aliphatic rings. The summed E-state index contributed by atoms with van der Waals surface area (Å²) in [6.45, 7) is 0.456. The largest absolute Gasteiger partial charge is 0.393 e. The molecule has 7 heteroatoms. The molecule has 0 aromatic heterocycles. The molecule has 0 heterocycles. The summed E-state index contributed by atoms with van der Waals surface area (Å²) in [5, 5.41) is 12.7. The number of aliphatic hydroxyl groups excluding tert-OH is 1. The Bertz CT molecular complexity index is 531. The predicted molar refractivity (Wildman–Crippen MR) is 87.9 cm³/mol. The standard InChI is InChI=1S/C16H22F2N2O2S/c1-20(10-11-6-2-4-8-13(11)21)16(22)19-12-7-3-5-9-14(12)23-15(17)18/h3,5,7,9,11,13,15,21H,2,4,6,8,10H2,1H3,(H,19,22). The number of hydrogen-bond donors (Lipinski definition) is 2. The number of nitrogens with zero attached hydrogens (tertiary/aromatic N) is 1. The zero-order valence-electron chi connectivity index (χ0n) is 13.0. The molecule has 1 saturated carbocycles. The monoisotopic (exact) mass is 344 g/mol. The van der Waals surface area contributed by atoms with Gasteiger partial charge in [-0.1, -0.05) is 36.7 Å². The van der Waals surface area contributed by atoms with E-state index in [9.17, 15) is 18.7 Å². The lowest BCUT2D eigenvalue weighted by atomic mass is 9.86. The third-order valence-corrected chi connectivity index (χ3v) is 4.86. The molecule has 1 aromatic carbocycles. The number of rotatable bonds is 5. The second-order valence-corrected chi connectivity index (χ2v) is 6.83. The summed E-state index contributed by atoms with van der Waals surface area (Å²) in [5.41, 5.74) is 0.374. The molecule has 1 aromatic rings. The summed E-state index contributed by atoms with van der Waals surface area (Å²) in [5.74, 6) is -2.46. The van der Waals surface area contributed by atoms with Gasteiger partial charge in [-0.3, -0.25) is 0 Å². The third kappa shape index (κ3) is 5.35. The fourth-order valence-corrected chi connectivity index (χ4v) is 3.41. The highest BCUT2D eigenvalue weighted by atomic mass is 32.2. The van der Waals surface area contributed by atoms with Gasteiger partial charge in [0.15, 0.2) is 0 Å². The average molecular weight is 344 g/mol. The van der Waals surface area contributed by atoms with Crippen molar-refractivity contribution in [2.24, 2.45) is 5.92 Å². The average Bonchev–Trinajstić information content (AvgIpc) is 2.51. The number of benzene rings is 1. The smallest absolute Gasteiger partial charge is 0.321 e. The Morgan fingerprint density at radius 3 is 2.78 bits per heavy atom. The highest BCUT2D eigenvalue weighted by molar-refractivity contribution is 7.99. The van der Waals surface area contributed by atoms with Crippen LogP contribution < -0.4 is 5.32 Å². The quantitative estimate of drug-likeness (QED) is 0.794. The predicted octanol–water partition coefficient (Wildman–Crippen LogP) is 4.02. The molecule has 0 saturated heterocycles. The lowest BCUT2D eigenvalue weighted by Crippen LogP contribution is -2.40. The Labute approximate surface area is 139 Å². The van der Waals surface area contributed by atoms with E-state index in [1.165, 1.54) is 4.90 Å². The Balaban J connectivity index is 1.95. The Hall–Kier alpha value is -1.34. The maximum atomic E-state index is 12.6. The van der Waals surface area contributed by atoms with Crippen LogP contribution in [0.1, 0.15) is 25.7 Å². The molecule has 4 nitrogen and oxygen atoms in total. The van der Waals surface area contributed by atoms with Gasteiger partial charge in [0.2, 0.25) is 0 Å². The van der Waals surface area contributed by atoms with E-state index in [-0.39, 0.29) is 18.1 Å². The lowest BCUT2D eigenvalue weighted by Gasteiger charge is -2.31. The van der Waals surface area contributed by atoms with Gasteiger partial charge in [-0.05, 0) is 25.0 Å². The number of para-hydroxylation sites is 1. The summed E-state index contributed by atoms with van der Waals surface area (Å²) in [6, 6.07) is 6.15. The van der Waals surface area contributed by atoms with Crippen LogP contribution in [0, 0.1) is 5.92 Å². The molecular weight excluding hydrogens is 322 g/mol. The zero-order chi connectivity index (χ0) is 16.8. The first kappa shape index (κ1) is 18.0. The molecule has 2 unspecified atom stereocenters. The van der Waals surface area contributed by atoms with Crippen molar-refractivity contribution in [1.82, 2.24) is 4.90 Å². The molecule has 0 radical (unpaired) electrons. The molecule has 0 aliphatic heterocycles. The van der Waals surface area contributed by atoms with Gasteiger partial charge in [0.1, 0.15) is 0 Å². The van der Waals surface area contributed by atoms with E-state index >= 15 is 0 Å². The maximum Gasteiger partial charge on any atom is 0.321 e. The number of aliphatic hydroxyl groups is 1. The Kier molecular flexibility index (Phi) is 6.65. The van der Waals surface area contributed by atoms with Gasteiger partial charge in [-0.15, -0.1) is 0 Å². The minimum atomic E-state index is -2.54. The number of anilines is 1. The van der Waals surface area contributed by atoms with Gasteiger partial charge in [0, 0.05) is 24.4 Å². The van der Waals surface area contributed by atoms with Crippen molar-refractivity contribution in [2.75, 3.05) is 18.9 Å². The van der Waals surface area contributed by atoms with Crippen LogP contribution in [0.3, 0.4) is 0 Å². The summed E-state index contributed by atoms with van der Waals surface area (Å²) < 4.78 is 25.1. The molecule has 1 aliphatic carbocycles. The Morgan fingerprint density at radius 1 is 1.39 bits per heavy atom. The van der Waals surface area contributed by atoms with Crippen molar-refractivity contribution in [3.8, 4) is 0 Å². The van der Waals surface area contributed by atoms with Crippen LogP contribution in [0.15, 0.2) is 29.2 Å². The number of thioether (sulfide) groups is 1. The molecule has 128 valence electrons. The minimum Gasteiger partial charge on any atom is -0.393 e. The first-order valence-corrected chi connectivity index (χ1v) is 8.59. The third-order valence-electron chi connectivity index (χ3n) is 4.07. The van der Waals surface area contributed by atoms with Crippen LogP contribution in [0.2, 0.25) is 0 Å². The number of alkyl halides is 2. The van der Waals surface area contributed by atoms with E-state index in [0.29, 0.717) is 28.9 Å². The first-order valence-electron chi connectivity index (χ1n) is 7.71. The van der Waals surface area contributed by atoms with Gasteiger partial charge >= 0.3 is 6.03 Å². The number of halogens is 2. The van der Waals surface area contributed by atoms with Crippen molar-refractivity contribution in [3.63, 3.8) is 0 Å². The molecule has 1 fully saturated rings. The van der Waals surface area contributed by atoms with Gasteiger partial charge in [-0.25, -0.2) is 4.79 Å². The van der Waals surface area contributed by atoms with Crippen LogP contribution >= 0.6 is 11.8 Å². The number of hydrogen-bond acceptors (Lipinski definition) is 3. The van der Waals surface area contributed by atoms with Gasteiger partial charge in [0.05, 0.1) is 11.8 Å². The molecule has 2 N–H and O–H groups in total. The van der Waals surface area contributed by atoms with Crippen LogP contribution in [-0.4, -0.2) is 41.5 Å². The number of amides is 2. The second kappa shape index (κ2) is 8.49. The number of carbonyl (C=O) groups is 1. The van der Waals surface area contributed by atoms with Crippen LogP contribution in [0.4, 0.5) is 19.3 Å². The fourth-order valence-electron chi connectivity index (χ4n) is 2.82. The van der Waals surface area contributed by atoms with E-state index in [2.05, 4.69) is 5.32 Å². The van der Waals surface area contributed by atoms with Crippen LogP contribution in [-0.2, 0) is 0 Å². The summed E-state index contributed by atoms with van der Waals surface area (Å²) >= 11 is 0.408. The highest BCUT2D eigenvalue weighted by Crippen LogP contribution is 2.32. The van der Waals surface area contributed by atoms with E-state index in [4.69, 9.17) is 0 Å².